The van der Waals surface area contributed by atoms with Crippen LogP contribution in [0.1, 0.15) is 102 Å². The van der Waals surface area contributed by atoms with Crippen LogP contribution in [0, 0.1) is 17.8 Å². The average molecular weight is 598 g/mol. The number of carbonyl (C=O) groups excluding carboxylic acids is 2. The number of hydrogen-bond donors (Lipinski definition) is 2. The molecule has 0 radical (unpaired) electrons. The van der Waals surface area contributed by atoms with Crippen molar-refractivity contribution in [2.75, 3.05) is 65.4 Å². The summed E-state index contributed by atoms with van der Waals surface area (Å²) in [5, 5.41) is 3.35. The molecule has 0 aromatic heterocycles. The van der Waals surface area contributed by atoms with Crippen LogP contribution in [0.5, 0.6) is 0 Å². The Kier molecular flexibility index (Phi) is 18.3. The second kappa shape index (κ2) is 20.4. The van der Waals surface area contributed by atoms with Gasteiger partial charge in [-0.1, -0.05) is 52.2 Å². The average Bonchev–Trinajstić information content (AvgIpc) is 3.26. The van der Waals surface area contributed by atoms with Gasteiger partial charge >= 0.3 is 37.7 Å². The summed E-state index contributed by atoms with van der Waals surface area (Å²) in [6, 6.07) is 7.09. The number of amides is 2. The molecular weight excluding hydrogens is 538 g/mol. The number of benzene rings is 1. The van der Waals surface area contributed by atoms with Crippen molar-refractivity contribution in [3.63, 3.8) is 0 Å². The summed E-state index contributed by atoms with van der Waals surface area (Å²) in [5.41, 5.74) is 6.58. The topological polar surface area (TPSA) is 81.9 Å². The number of fused-ring (bicyclic) bond motifs is 1. The van der Waals surface area contributed by atoms with Gasteiger partial charge in [0.05, 0.1) is 11.1 Å². The Bertz CT molecular complexity index is 855. The molecule has 4 aliphatic heterocycles. The number of carbonyl (C=O) groups is 2. The molecule has 7 nitrogen and oxygen atoms in total. The smallest absolute Gasteiger partial charge is 1.00 e. The molecule has 0 unspecified atom stereocenters. The predicted molar refractivity (Wildman–Crippen MR) is 174 cm³/mol. The van der Waals surface area contributed by atoms with E-state index in [4.69, 9.17) is 5.73 Å². The molecule has 4 aliphatic rings. The Labute approximate surface area is 283 Å². The van der Waals surface area contributed by atoms with Crippen LogP contribution in [-0.2, 0) is 0 Å². The second-order valence-corrected chi connectivity index (χ2v) is 12.1. The fraction of sp³-hybridized carbons (Fsp3) is 0.758. The maximum Gasteiger partial charge on any atom is 2.00 e. The van der Waals surface area contributed by atoms with Crippen LogP contribution in [0.15, 0.2) is 24.3 Å². The molecule has 0 atom stereocenters. The number of imide groups is 1. The van der Waals surface area contributed by atoms with Gasteiger partial charge in [0.2, 0.25) is 0 Å². The van der Waals surface area contributed by atoms with E-state index in [9.17, 15) is 9.59 Å². The predicted octanol–water partition coefficient (Wildman–Crippen LogP) is 4.71. The summed E-state index contributed by atoms with van der Waals surface area (Å²) >= 11 is 0. The molecule has 1 aromatic carbocycles. The maximum atomic E-state index is 12.3. The quantitative estimate of drug-likeness (QED) is 0.334. The molecular formula is C33H59CaN5O2. The minimum absolute atomic E-state index is 0. The van der Waals surface area contributed by atoms with Crippen LogP contribution >= 0.6 is 0 Å². The molecule has 4 heterocycles. The summed E-state index contributed by atoms with van der Waals surface area (Å²) in [6.45, 7) is 17.3. The summed E-state index contributed by atoms with van der Waals surface area (Å²) in [7, 11) is 0. The maximum absolute atomic E-state index is 12.3. The molecule has 3 N–H and O–H groups in total. The summed E-state index contributed by atoms with van der Waals surface area (Å²) < 4.78 is 0. The number of nitrogens with one attached hydrogen (secondary N) is 1. The van der Waals surface area contributed by atoms with Gasteiger partial charge in [-0.25, -0.2) is 0 Å². The number of rotatable bonds is 8. The monoisotopic (exact) mass is 597 g/mol. The van der Waals surface area contributed by atoms with E-state index < -0.39 is 0 Å². The fourth-order valence-electron chi connectivity index (χ4n) is 6.39. The Morgan fingerprint density at radius 2 is 1.12 bits per heavy atom. The van der Waals surface area contributed by atoms with Gasteiger partial charge in [-0.15, -0.1) is 0 Å². The molecule has 1 aromatic rings. The van der Waals surface area contributed by atoms with E-state index in [1.807, 2.05) is 12.1 Å². The van der Waals surface area contributed by atoms with Crippen LogP contribution in [0.3, 0.4) is 0 Å². The van der Waals surface area contributed by atoms with Gasteiger partial charge < -0.3 is 23.7 Å². The fourth-order valence-corrected chi connectivity index (χ4v) is 6.39. The third-order valence-corrected chi connectivity index (χ3v) is 9.57. The van der Waals surface area contributed by atoms with Crippen molar-refractivity contribution in [3.8, 4) is 0 Å². The van der Waals surface area contributed by atoms with Crippen LogP contribution in [0.25, 0.3) is 0 Å². The van der Waals surface area contributed by atoms with Crippen molar-refractivity contribution in [1.29, 1.82) is 0 Å². The molecule has 0 saturated carbocycles. The first kappa shape index (κ1) is 36.7. The molecule has 3 fully saturated rings. The molecule has 230 valence electrons. The Balaban J connectivity index is 0.000000679. The number of nitrogens with zero attached hydrogens (tertiary/aromatic N) is 3. The molecule has 5 rings (SSSR count). The van der Waals surface area contributed by atoms with Gasteiger partial charge in [-0.05, 0) is 108 Å². The zero-order valence-corrected chi connectivity index (χ0v) is 28.6. The van der Waals surface area contributed by atoms with E-state index >= 15 is 0 Å². The standard InChI is InChI=1S/C17H22N2O2.C9H20N2.C7H15N.Ca.2H/c1-2-13-7-9-18(10-8-13)11-12-19-16(20)14-5-3-4-6-15(14)17(19)21;1-2-9-3-6-11(7-4-9)8-5-10;1-2-7-3-5-8-6-4-7;;;/h3-6,13H,2,7-12H2,1H3;9H,2-8,10H2,1H3;7-8H,2-6H2,1H3;;;/q;;;+2;2*-1. The van der Waals surface area contributed by atoms with Gasteiger partial charge in [0.15, 0.2) is 0 Å². The minimum Gasteiger partial charge on any atom is -1.00 e. The number of hydrogen-bond acceptors (Lipinski definition) is 6. The van der Waals surface area contributed by atoms with Gasteiger partial charge in [-0.3, -0.25) is 14.5 Å². The van der Waals surface area contributed by atoms with E-state index in [1.54, 1.807) is 12.1 Å². The van der Waals surface area contributed by atoms with Gasteiger partial charge in [0, 0.05) is 26.2 Å². The Morgan fingerprint density at radius 1 is 0.707 bits per heavy atom. The van der Waals surface area contributed by atoms with E-state index in [2.05, 4.69) is 35.9 Å². The Hall–Kier alpha value is -0.540. The van der Waals surface area contributed by atoms with Crippen LogP contribution in [-0.4, -0.2) is 130 Å². The first-order valence-corrected chi connectivity index (χ1v) is 16.3. The number of piperidine rings is 3. The van der Waals surface area contributed by atoms with E-state index in [-0.39, 0.29) is 52.4 Å². The molecule has 41 heavy (non-hydrogen) atoms. The van der Waals surface area contributed by atoms with E-state index in [0.717, 1.165) is 50.5 Å². The largest absolute Gasteiger partial charge is 2.00 e. The van der Waals surface area contributed by atoms with E-state index in [0.29, 0.717) is 17.7 Å². The van der Waals surface area contributed by atoms with Gasteiger partial charge in [0.25, 0.3) is 11.8 Å². The zero-order valence-electron chi connectivity index (χ0n) is 28.4. The molecule has 0 spiro atoms. The Morgan fingerprint density at radius 3 is 1.51 bits per heavy atom. The first-order chi connectivity index (χ1) is 19.5. The van der Waals surface area contributed by atoms with Crippen molar-refractivity contribution < 1.29 is 12.4 Å². The minimum atomic E-state index is -0.140. The van der Waals surface area contributed by atoms with Gasteiger partial charge in [0.1, 0.15) is 0 Å². The van der Waals surface area contributed by atoms with Crippen LogP contribution in [0.2, 0.25) is 0 Å². The SMILES string of the molecule is CCC1CCN(CCN)CC1.CCC1CCN(CCN2C(=O)c3ccccc3C2=O)CC1.CCC1CCNCC1.[Ca+2].[H-].[H-]. The summed E-state index contributed by atoms with van der Waals surface area (Å²) in [6.07, 6.45) is 12.0. The molecule has 0 bridgehead atoms. The molecule has 3 saturated heterocycles. The number of nitrogens with two attached hydrogens (primary N) is 1. The van der Waals surface area contributed by atoms with Crippen molar-refractivity contribution in [3.05, 3.63) is 35.4 Å². The second-order valence-electron chi connectivity index (χ2n) is 12.1. The third kappa shape index (κ3) is 11.8. The van der Waals surface area contributed by atoms with Crippen LogP contribution in [0.4, 0.5) is 0 Å². The van der Waals surface area contributed by atoms with Crippen molar-refractivity contribution in [2.24, 2.45) is 23.5 Å². The summed E-state index contributed by atoms with van der Waals surface area (Å²) in [4.78, 5) is 30.8. The van der Waals surface area contributed by atoms with Crippen molar-refractivity contribution in [1.82, 2.24) is 20.0 Å². The normalized spacial score (nSPS) is 20.9. The molecule has 8 heteroatoms. The zero-order chi connectivity index (χ0) is 28.7. The van der Waals surface area contributed by atoms with Crippen molar-refractivity contribution >= 4 is 49.6 Å². The van der Waals surface area contributed by atoms with Crippen molar-refractivity contribution in [2.45, 2.75) is 78.6 Å². The van der Waals surface area contributed by atoms with E-state index in [1.165, 1.54) is 88.9 Å². The first-order valence-electron chi connectivity index (χ1n) is 16.3. The van der Waals surface area contributed by atoms with Gasteiger partial charge in [-0.2, -0.15) is 0 Å². The van der Waals surface area contributed by atoms with Crippen LogP contribution < -0.4 is 11.1 Å². The number of likely N-dealkylation sites (tertiary alicyclic amines) is 2. The third-order valence-electron chi connectivity index (χ3n) is 9.57. The summed E-state index contributed by atoms with van der Waals surface area (Å²) in [5.74, 6) is 2.58. The molecule has 0 aliphatic carbocycles. The molecule has 2 amide bonds.